The Labute approximate surface area is 109 Å². The highest BCUT2D eigenvalue weighted by atomic mass is 35.5. The molecule has 0 radical (unpaired) electrons. The van der Waals surface area contributed by atoms with Crippen LogP contribution in [0.1, 0.15) is 20.8 Å². The largest absolute Gasteiger partial charge is 0.467 e. The van der Waals surface area contributed by atoms with E-state index in [9.17, 15) is 9.59 Å². The zero-order chi connectivity index (χ0) is 12.7. The molecule has 0 saturated carbocycles. The Kier molecular flexibility index (Phi) is 10.1. The average Bonchev–Trinajstić information content (AvgIpc) is 2.24. The Hall–Kier alpha value is -0.810. The van der Waals surface area contributed by atoms with E-state index < -0.39 is 12.0 Å². The molecule has 1 amide bonds. The molecule has 2 N–H and O–H groups in total. The highest BCUT2D eigenvalue weighted by Crippen LogP contribution is 2.05. The van der Waals surface area contributed by atoms with Gasteiger partial charge in [-0.2, -0.15) is 0 Å². The first-order valence-electron chi connectivity index (χ1n) is 5.46. The molecule has 0 bridgehead atoms. The molecule has 0 fully saturated rings. The number of methoxy groups -OCH3 is 1. The minimum absolute atomic E-state index is 0. The fourth-order valence-electron chi connectivity index (χ4n) is 1.32. The van der Waals surface area contributed by atoms with Gasteiger partial charge >= 0.3 is 5.97 Å². The number of carbonyl (C=O) groups is 2. The Balaban J connectivity index is 0. The molecule has 0 aliphatic heterocycles. The number of ether oxygens (including phenoxy) is 1. The lowest BCUT2D eigenvalue weighted by molar-refractivity contribution is -0.146. The third kappa shape index (κ3) is 6.48. The number of hydrogen-bond acceptors (Lipinski definition) is 4. The first-order chi connectivity index (χ1) is 7.43. The van der Waals surface area contributed by atoms with Gasteiger partial charge in [-0.15, -0.1) is 12.4 Å². The molecule has 0 spiro atoms. The number of hydrogen-bond donors (Lipinski definition) is 2. The van der Waals surface area contributed by atoms with Gasteiger partial charge in [-0.05, 0) is 13.0 Å². The van der Waals surface area contributed by atoms with Crippen molar-refractivity contribution in [2.45, 2.75) is 26.8 Å². The van der Waals surface area contributed by atoms with Crippen LogP contribution in [0.4, 0.5) is 0 Å². The second-order valence-corrected chi connectivity index (χ2v) is 4.21. The van der Waals surface area contributed by atoms with Crippen LogP contribution in [0, 0.1) is 11.8 Å². The quantitative estimate of drug-likeness (QED) is 0.690. The van der Waals surface area contributed by atoms with Crippen molar-refractivity contribution in [3.8, 4) is 0 Å². The summed E-state index contributed by atoms with van der Waals surface area (Å²) in [5.74, 6) is -0.701. The summed E-state index contributed by atoms with van der Waals surface area (Å²) in [6, 6.07) is -0.572. The van der Waals surface area contributed by atoms with E-state index >= 15 is 0 Å². The van der Waals surface area contributed by atoms with Gasteiger partial charge in [0.25, 0.3) is 0 Å². The maximum Gasteiger partial charge on any atom is 0.328 e. The highest BCUT2D eigenvalue weighted by Gasteiger charge is 2.26. The summed E-state index contributed by atoms with van der Waals surface area (Å²) in [5.41, 5.74) is 0. The minimum Gasteiger partial charge on any atom is -0.467 e. The molecule has 2 unspecified atom stereocenters. The van der Waals surface area contributed by atoms with Crippen LogP contribution in [-0.2, 0) is 14.3 Å². The van der Waals surface area contributed by atoms with Crippen LogP contribution in [0.2, 0.25) is 0 Å². The summed E-state index contributed by atoms with van der Waals surface area (Å²) >= 11 is 0. The maximum absolute atomic E-state index is 11.7. The van der Waals surface area contributed by atoms with Gasteiger partial charge in [0.1, 0.15) is 6.04 Å². The molecule has 17 heavy (non-hydrogen) atoms. The molecule has 102 valence electrons. The monoisotopic (exact) mass is 266 g/mol. The first kappa shape index (κ1) is 18.6. The summed E-state index contributed by atoms with van der Waals surface area (Å²) in [7, 11) is 3.10. The summed E-state index contributed by atoms with van der Waals surface area (Å²) in [5, 5.41) is 5.62. The van der Waals surface area contributed by atoms with Gasteiger partial charge in [0, 0.05) is 12.5 Å². The lowest BCUT2D eigenvalue weighted by Crippen LogP contribution is -2.48. The topological polar surface area (TPSA) is 67.4 Å². The number of nitrogens with one attached hydrogen (secondary N) is 2. The summed E-state index contributed by atoms with van der Waals surface area (Å²) in [6.45, 7) is 6.12. The second kappa shape index (κ2) is 9.24. The maximum atomic E-state index is 11.7. The van der Waals surface area contributed by atoms with Crippen molar-refractivity contribution in [2.75, 3.05) is 20.7 Å². The minimum atomic E-state index is -0.572. The van der Waals surface area contributed by atoms with Crippen LogP contribution >= 0.6 is 12.4 Å². The van der Waals surface area contributed by atoms with Crippen LogP contribution in [0.5, 0.6) is 0 Å². The Bertz CT molecular complexity index is 247. The second-order valence-electron chi connectivity index (χ2n) is 4.21. The summed E-state index contributed by atoms with van der Waals surface area (Å²) in [4.78, 5) is 23.1. The Morgan fingerprint density at radius 1 is 1.24 bits per heavy atom. The molecular formula is C11H23ClN2O3. The molecule has 0 saturated heterocycles. The van der Waals surface area contributed by atoms with Crippen molar-refractivity contribution in [1.82, 2.24) is 10.6 Å². The van der Waals surface area contributed by atoms with Crippen LogP contribution in [0.15, 0.2) is 0 Å². The van der Waals surface area contributed by atoms with Crippen LogP contribution in [-0.4, -0.2) is 38.6 Å². The molecule has 0 aromatic heterocycles. The van der Waals surface area contributed by atoms with E-state index in [4.69, 9.17) is 0 Å². The number of amides is 1. The van der Waals surface area contributed by atoms with Crippen LogP contribution in [0.25, 0.3) is 0 Å². The van der Waals surface area contributed by atoms with Crippen LogP contribution < -0.4 is 10.6 Å². The third-order valence-electron chi connectivity index (χ3n) is 2.38. The fraction of sp³-hybridized carbons (Fsp3) is 0.818. The summed E-state index contributed by atoms with van der Waals surface area (Å²) < 4.78 is 4.64. The number of halogens is 1. The molecular weight excluding hydrogens is 244 g/mol. The van der Waals surface area contributed by atoms with Gasteiger partial charge in [-0.1, -0.05) is 20.8 Å². The van der Waals surface area contributed by atoms with Crippen molar-refractivity contribution < 1.29 is 14.3 Å². The molecule has 0 aromatic rings. The summed E-state index contributed by atoms with van der Waals surface area (Å²) in [6.07, 6.45) is 0. The average molecular weight is 267 g/mol. The van der Waals surface area contributed by atoms with E-state index in [0.29, 0.717) is 6.54 Å². The standard InChI is InChI=1S/C11H22N2O3.ClH/c1-7(2)9(11(15)16-5)13-10(14)8(3)6-12-4;/h7-9,12H,6H2,1-5H3,(H,13,14);1H. The van der Waals surface area contributed by atoms with Gasteiger partial charge in [-0.3, -0.25) is 4.79 Å². The lowest BCUT2D eigenvalue weighted by atomic mass is 10.0. The third-order valence-corrected chi connectivity index (χ3v) is 2.38. The van der Waals surface area contributed by atoms with E-state index in [2.05, 4.69) is 15.4 Å². The van der Waals surface area contributed by atoms with Crippen molar-refractivity contribution in [2.24, 2.45) is 11.8 Å². The molecule has 0 heterocycles. The highest BCUT2D eigenvalue weighted by molar-refractivity contribution is 5.86. The van der Waals surface area contributed by atoms with Gasteiger partial charge in [-0.25, -0.2) is 4.79 Å². The van der Waals surface area contributed by atoms with E-state index in [1.807, 2.05) is 13.8 Å². The van der Waals surface area contributed by atoms with Gasteiger partial charge < -0.3 is 15.4 Å². The van der Waals surface area contributed by atoms with Gasteiger partial charge in [0.05, 0.1) is 7.11 Å². The molecule has 0 aliphatic carbocycles. The zero-order valence-electron chi connectivity index (χ0n) is 11.1. The number of esters is 1. The van der Waals surface area contributed by atoms with E-state index in [-0.39, 0.29) is 30.2 Å². The smallest absolute Gasteiger partial charge is 0.328 e. The molecule has 0 aliphatic rings. The lowest BCUT2D eigenvalue weighted by Gasteiger charge is -2.21. The van der Waals surface area contributed by atoms with E-state index in [1.165, 1.54) is 7.11 Å². The van der Waals surface area contributed by atoms with Crippen LogP contribution in [0.3, 0.4) is 0 Å². The zero-order valence-corrected chi connectivity index (χ0v) is 11.9. The number of carbonyl (C=O) groups excluding carboxylic acids is 2. The van der Waals surface area contributed by atoms with Crippen molar-refractivity contribution >= 4 is 24.3 Å². The van der Waals surface area contributed by atoms with E-state index in [1.54, 1.807) is 14.0 Å². The van der Waals surface area contributed by atoms with Crippen molar-refractivity contribution in [3.05, 3.63) is 0 Å². The predicted octanol–water partition coefficient (Wildman–Crippen LogP) is 0.577. The van der Waals surface area contributed by atoms with Gasteiger partial charge in [0.2, 0.25) is 5.91 Å². The fourth-order valence-corrected chi connectivity index (χ4v) is 1.32. The molecule has 5 nitrogen and oxygen atoms in total. The molecule has 2 atom stereocenters. The Morgan fingerprint density at radius 2 is 1.76 bits per heavy atom. The predicted molar refractivity (Wildman–Crippen MR) is 69.1 cm³/mol. The van der Waals surface area contributed by atoms with E-state index in [0.717, 1.165) is 0 Å². The normalized spacial score (nSPS) is 13.5. The number of rotatable bonds is 6. The van der Waals surface area contributed by atoms with Crippen molar-refractivity contribution in [1.29, 1.82) is 0 Å². The molecule has 0 rings (SSSR count). The molecule has 0 aromatic carbocycles. The van der Waals surface area contributed by atoms with Gasteiger partial charge in [0.15, 0.2) is 0 Å². The van der Waals surface area contributed by atoms with Crippen molar-refractivity contribution in [3.63, 3.8) is 0 Å². The molecule has 6 heteroatoms. The SMILES string of the molecule is CNCC(C)C(=O)NC(C(=O)OC)C(C)C.Cl. The Morgan fingerprint density at radius 3 is 2.12 bits per heavy atom. The first-order valence-corrected chi connectivity index (χ1v) is 5.46.